The molecule has 1 amide bonds. The van der Waals surface area contributed by atoms with Gasteiger partial charge in [-0.15, -0.1) is 0 Å². The Kier molecular flexibility index (Phi) is 5.86. The average Bonchev–Trinajstić information content (AvgIpc) is 2.35. The van der Waals surface area contributed by atoms with E-state index in [0.29, 0.717) is 0 Å². The molecule has 0 aromatic heterocycles. The largest absolute Gasteiger partial charge is 0.397 e. The zero-order valence-electron chi connectivity index (χ0n) is 10.7. The Labute approximate surface area is 119 Å². The van der Waals surface area contributed by atoms with Crippen LogP contribution in [0.3, 0.4) is 0 Å². The molecule has 0 radical (unpaired) electrons. The lowest BCUT2D eigenvalue weighted by Gasteiger charge is -2.41. The van der Waals surface area contributed by atoms with E-state index in [4.69, 9.17) is 19.9 Å². The minimum absolute atomic E-state index is 0.617. The molecule has 0 aromatic rings. The van der Waals surface area contributed by atoms with Crippen LogP contribution in [0.4, 0.5) is 0 Å². The van der Waals surface area contributed by atoms with Crippen LogP contribution in [0.25, 0.3) is 10.4 Å². The standard InChI is InChI=1S/C8H14N4O8S/c1-3(14)10-5-6(15)7(20-21(16,17)18)4(2-13)19-8(5)11-12-9/h4-8,13,15H,2H2,1H3,(H,10,14)(H,16,17,18)/t4-,5-,6-,7+,8-/m1/s1. The van der Waals surface area contributed by atoms with Crippen LogP contribution in [0.1, 0.15) is 6.92 Å². The first-order chi connectivity index (χ1) is 9.69. The van der Waals surface area contributed by atoms with Gasteiger partial charge < -0.3 is 20.3 Å². The first-order valence-electron chi connectivity index (χ1n) is 5.61. The summed E-state index contributed by atoms with van der Waals surface area (Å²) in [6.45, 7) is 0.318. The Morgan fingerprint density at radius 3 is 2.62 bits per heavy atom. The van der Waals surface area contributed by atoms with Crippen LogP contribution < -0.4 is 5.32 Å². The lowest BCUT2D eigenvalue weighted by molar-refractivity contribution is -0.186. The number of nitrogens with one attached hydrogen (secondary N) is 1. The zero-order valence-corrected chi connectivity index (χ0v) is 11.5. The number of ether oxygens (including phenoxy) is 1. The van der Waals surface area contributed by atoms with Crippen LogP contribution in [-0.2, 0) is 24.1 Å². The fourth-order valence-electron chi connectivity index (χ4n) is 1.88. The van der Waals surface area contributed by atoms with Gasteiger partial charge in [0.05, 0.1) is 12.6 Å². The zero-order chi connectivity index (χ0) is 16.2. The van der Waals surface area contributed by atoms with E-state index < -0.39 is 53.5 Å². The summed E-state index contributed by atoms with van der Waals surface area (Å²) >= 11 is 0. The van der Waals surface area contributed by atoms with Gasteiger partial charge in [-0.2, -0.15) is 8.42 Å². The maximum absolute atomic E-state index is 11.1. The fraction of sp³-hybridized carbons (Fsp3) is 0.875. The summed E-state index contributed by atoms with van der Waals surface area (Å²) < 4.78 is 39.5. The van der Waals surface area contributed by atoms with Crippen molar-refractivity contribution in [2.24, 2.45) is 5.11 Å². The third-order valence-corrected chi connectivity index (χ3v) is 3.11. The van der Waals surface area contributed by atoms with Crippen molar-refractivity contribution in [2.45, 2.75) is 37.5 Å². The van der Waals surface area contributed by atoms with E-state index >= 15 is 0 Å². The second-order valence-electron chi connectivity index (χ2n) is 4.16. The van der Waals surface area contributed by atoms with Gasteiger partial charge in [-0.05, 0) is 5.53 Å². The fourth-order valence-corrected chi connectivity index (χ4v) is 2.40. The summed E-state index contributed by atoms with van der Waals surface area (Å²) in [5.41, 5.74) is 8.42. The van der Waals surface area contributed by atoms with Crippen LogP contribution >= 0.6 is 0 Å². The second kappa shape index (κ2) is 7.00. The van der Waals surface area contributed by atoms with Crippen LogP contribution in [0.2, 0.25) is 0 Å². The Bertz CT molecular complexity index is 530. The molecule has 1 rings (SSSR count). The molecule has 0 spiro atoms. The summed E-state index contributed by atoms with van der Waals surface area (Å²) in [4.78, 5) is 13.5. The monoisotopic (exact) mass is 326 g/mol. The summed E-state index contributed by atoms with van der Waals surface area (Å²) in [6, 6.07) is -1.33. The molecule has 21 heavy (non-hydrogen) atoms. The van der Waals surface area contributed by atoms with E-state index in [2.05, 4.69) is 19.5 Å². The number of carbonyl (C=O) groups is 1. The average molecular weight is 326 g/mol. The van der Waals surface area contributed by atoms with E-state index in [1.807, 2.05) is 0 Å². The Morgan fingerprint density at radius 2 is 2.19 bits per heavy atom. The van der Waals surface area contributed by atoms with Crippen molar-refractivity contribution >= 4 is 16.3 Å². The lowest BCUT2D eigenvalue weighted by atomic mass is 9.96. The molecule has 0 aliphatic carbocycles. The lowest BCUT2D eigenvalue weighted by Crippen LogP contribution is -2.64. The molecule has 1 fully saturated rings. The molecular weight excluding hydrogens is 312 g/mol. The molecular formula is C8H14N4O8S. The van der Waals surface area contributed by atoms with E-state index in [-0.39, 0.29) is 0 Å². The highest BCUT2D eigenvalue weighted by Crippen LogP contribution is 2.25. The van der Waals surface area contributed by atoms with Crippen molar-refractivity contribution in [3.63, 3.8) is 0 Å². The molecule has 120 valence electrons. The molecule has 13 heteroatoms. The number of amides is 1. The van der Waals surface area contributed by atoms with Gasteiger partial charge >= 0.3 is 10.4 Å². The maximum Gasteiger partial charge on any atom is 0.397 e. The predicted molar refractivity (Wildman–Crippen MR) is 64.9 cm³/mol. The predicted octanol–water partition coefficient (Wildman–Crippen LogP) is -1.93. The molecule has 1 saturated heterocycles. The molecule has 0 aromatic carbocycles. The number of aliphatic hydroxyl groups excluding tert-OH is 2. The number of azide groups is 1. The number of hydrogen-bond donors (Lipinski definition) is 4. The van der Waals surface area contributed by atoms with Gasteiger partial charge in [0.15, 0.2) is 6.23 Å². The number of rotatable bonds is 5. The van der Waals surface area contributed by atoms with Crippen molar-refractivity contribution in [1.29, 1.82) is 0 Å². The topological polar surface area (TPSA) is 191 Å². The van der Waals surface area contributed by atoms with Gasteiger partial charge in [0.1, 0.15) is 18.3 Å². The maximum atomic E-state index is 11.1. The molecule has 5 atom stereocenters. The molecule has 12 nitrogen and oxygen atoms in total. The Hall–Kier alpha value is -1.47. The number of hydrogen-bond acceptors (Lipinski definition) is 8. The highest BCUT2D eigenvalue weighted by Gasteiger charge is 2.47. The van der Waals surface area contributed by atoms with Gasteiger partial charge in [-0.1, -0.05) is 5.11 Å². The highest BCUT2D eigenvalue weighted by molar-refractivity contribution is 7.80. The number of carbonyl (C=O) groups excluding carboxylic acids is 1. The Morgan fingerprint density at radius 1 is 1.57 bits per heavy atom. The quantitative estimate of drug-likeness (QED) is 0.194. The van der Waals surface area contributed by atoms with Crippen LogP contribution in [-0.4, -0.2) is 66.3 Å². The Balaban J connectivity index is 3.09. The number of aliphatic hydroxyl groups is 2. The van der Waals surface area contributed by atoms with Gasteiger partial charge in [0, 0.05) is 11.8 Å². The van der Waals surface area contributed by atoms with Crippen molar-refractivity contribution in [3.8, 4) is 0 Å². The third-order valence-electron chi connectivity index (χ3n) is 2.64. The normalized spacial score (nSPS) is 33.0. The van der Waals surface area contributed by atoms with Crippen molar-refractivity contribution in [2.75, 3.05) is 6.61 Å². The van der Waals surface area contributed by atoms with E-state index in [1.54, 1.807) is 0 Å². The number of nitrogens with zero attached hydrogens (tertiary/aromatic N) is 3. The second-order valence-corrected chi connectivity index (χ2v) is 5.21. The van der Waals surface area contributed by atoms with Crippen LogP contribution in [0, 0.1) is 0 Å². The molecule has 1 heterocycles. The molecule has 4 N–H and O–H groups in total. The van der Waals surface area contributed by atoms with Gasteiger partial charge in [0.25, 0.3) is 0 Å². The molecule has 0 bridgehead atoms. The SMILES string of the molecule is CC(=O)N[C@@H]1[C@@H](O)[C@@H](OS(=O)(=O)O)[C@@H](CO)O[C@H]1N=[N+]=[N-]. The molecule has 0 saturated carbocycles. The molecule has 1 aliphatic heterocycles. The minimum atomic E-state index is -4.95. The van der Waals surface area contributed by atoms with Crippen molar-refractivity contribution < 1.29 is 36.9 Å². The van der Waals surface area contributed by atoms with Crippen LogP contribution in [0.15, 0.2) is 5.11 Å². The molecule has 0 unspecified atom stereocenters. The highest BCUT2D eigenvalue weighted by atomic mass is 32.3. The third kappa shape index (κ3) is 4.78. The molecule has 1 aliphatic rings. The summed E-state index contributed by atoms with van der Waals surface area (Å²) in [5, 5.41) is 24.6. The summed E-state index contributed by atoms with van der Waals surface area (Å²) in [7, 11) is -4.95. The first-order valence-corrected chi connectivity index (χ1v) is 6.97. The van der Waals surface area contributed by atoms with Gasteiger partial charge in [-0.3, -0.25) is 9.35 Å². The van der Waals surface area contributed by atoms with Gasteiger partial charge in [0.2, 0.25) is 5.91 Å². The first kappa shape index (κ1) is 17.6. The van der Waals surface area contributed by atoms with E-state index in [9.17, 15) is 18.3 Å². The van der Waals surface area contributed by atoms with Gasteiger partial charge in [-0.25, -0.2) is 4.18 Å². The smallest absolute Gasteiger partial charge is 0.394 e. The summed E-state index contributed by atoms with van der Waals surface area (Å²) in [6.07, 6.45) is -6.22. The van der Waals surface area contributed by atoms with E-state index in [0.717, 1.165) is 6.92 Å². The van der Waals surface area contributed by atoms with Crippen molar-refractivity contribution in [3.05, 3.63) is 10.4 Å². The minimum Gasteiger partial charge on any atom is -0.394 e. The van der Waals surface area contributed by atoms with E-state index in [1.165, 1.54) is 0 Å². The van der Waals surface area contributed by atoms with Crippen molar-refractivity contribution in [1.82, 2.24) is 5.32 Å². The van der Waals surface area contributed by atoms with Crippen LogP contribution in [0.5, 0.6) is 0 Å². The summed E-state index contributed by atoms with van der Waals surface area (Å²) in [5.74, 6) is -0.617.